The molecule has 0 spiro atoms. The van der Waals surface area contributed by atoms with E-state index in [-0.39, 0.29) is 5.56 Å². The summed E-state index contributed by atoms with van der Waals surface area (Å²) in [5.74, 6) is 0. The quantitative estimate of drug-likeness (QED) is 0.319. The molecule has 0 aliphatic carbocycles. The number of thiophene rings is 1. The number of aryl methyl sites for hydroxylation is 1. The van der Waals surface area contributed by atoms with Crippen LogP contribution >= 0.6 is 23.1 Å². The fraction of sp³-hybridized carbons (Fsp3) is 0.0476. The van der Waals surface area contributed by atoms with Gasteiger partial charge in [-0.3, -0.25) is 9.36 Å². The molecule has 0 radical (unpaired) electrons. The van der Waals surface area contributed by atoms with E-state index in [1.165, 1.54) is 11.8 Å². The fourth-order valence-corrected chi connectivity index (χ4v) is 4.81. The average Bonchev–Trinajstić information content (AvgIpc) is 3.19. The average molecular weight is 403 g/mol. The van der Waals surface area contributed by atoms with E-state index in [4.69, 9.17) is 4.98 Å². The lowest BCUT2D eigenvalue weighted by Crippen LogP contribution is -2.21. The van der Waals surface area contributed by atoms with Crippen molar-refractivity contribution in [3.63, 3.8) is 0 Å². The molecular weight excluding hydrogens is 388 g/mol. The van der Waals surface area contributed by atoms with Crippen molar-refractivity contribution in [2.75, 3.05) is 0 Å². The van der Waals surface area contributed by atoms with Crippen LogP contribution in [0.3, 0.4) is 0 Å². The Kier molecular flexibility index (Phi) is 4.18. The van der Waals surface area contributed by atoms with Gasteiger partial charge in [-0.1, -0.05) is 29.8 Å². The van der Waals surface area contributed by atoms with E-state index in [1.54, 1.807) is 22.2 Å². The van der Waals surface area contributed by atoms with E-state index in [9.17, 15) is 4.79 Å². The molecule has 0 N–H and O–H groups in total. The maximum absolute atomic E-state index is 13.3. The zero-order valence-corrected chi connectivity index (χ0v) is 16.5. The van der Waals surface area contributed by atoms with Gasteiger partial charge in [0, 0.05) is 5.39 Å². The number of benzene rings is 2. The Balaban J connectivity index is 1.77. The number of fused-ring (bicyclic) bond motifs is 2. The highest BCUT2D eigenvalue weighted by Crippen LogP contribution is 2.33. The Labute approximate surface area is 168 Å². The van der Waals surface area contributed by atoms with Gasteiger partial charge in [-0.05, 0) is 54.4 Å². The van der Waals surface area contributed by atoms with Crippen LogP contribution in [0.2, 0.25) is 0 Å². The lowest BCUT2D eigenvalue weighted by atomic mass is 10.2. The highest BCUT2D eigenvalue weighted by Gasteiger charge is 2.16. The van der Waals surface area contributed by atoms with Crippen molar-refractivity contribution in [2.45, 2.75) is 17.1 Å². The minimum atomic E-state index is -0.0902. The van der Waals surface area contributed by atoms with E-state index in [1.807, 2.05) is 66.9 Å². The van der Waals surface area contributed by atoms with Gasteiger partial charge in [-0.25, -0.2) is 15.0 Å². The predicted octanol–water partition coefficient (Wildman–Crippen LogP) is 4.85. The zero-order valence-electron chi connectivity index (χ0n) is 14.9. The third kappa shape index (κ3) is 2.89. The Bertz CT molecular complexity index is 1370. The largest absolute Gasteiger partial charge is 0.268 e. The molecule has 0 saturated heterocycles. The smallest absolute Gasteiger partial charge is 0.266 e. The summed E-state index contributed by atoms with van der Waals surface area (Å²) < 4.78 is 1.66. The lowest BCUT2D eigenvalue weighted by molar-refractivity contribution is 0.818. The zero-order chi connectivity index (χ0) is 19.1. The van der Waals surface area contributed by atoms with Crippen molar-refractivity contribution >= 4 is 44.2 Å². The first-order valence-corrected chi connectivity index (χ1v) is 10.4. The molecule has 5 rings (SSSR count). The van der Waals surface area contributed by atoms with Crippen LogP contribution in [0.1, 0.15) is 5.56 Å². The molecule has 3 aromatic heterocycles. The van der Waals surface area contributed by atoms with Gasteiger partial charge in [0.1, 0.15) is 16.2 Å². The maximum Gasteiger partial charge on any atom is 0.266 e. The van der Waals surface area contributed by atoms with Crippen LogP contribution in [0.25, 0.3) is 26.8 Å². The van der Waals surface area contributed by atoms with E-state index in [2.05, 4.69) is 9.97 Å². The molecule has 0 unspecified atom stereocenters. The molecule has 2 aromatic carbocycles. The summed E-state index contributed by atoms with van der Waals surface area (Å²) in [7, 11) is 0. The summed E-state index contributed by atoms with van der Waals surface area (Å²) in [5.41, 5.74) is 2.50. The molecule has 136 valence electrons. The normalized spacial score (nSPS) is 11.3. The van der Waals surface area contributed by atoms with Crippen molar-refractivity contribution in [1.29, 1.82) is 0 Å². The Hall–Kier alpha value is -3.03. The number of nitrogens with zero attached hydrogens (tertiary/aromatic N) is 4. The van der Waals surface area contributed by atoms with Crippen LogP contribution in [0.5, 0.6) is 0 Å². The highest BCUT2D eigenvalue weighted by atomic mass is 32.2. The lowest BCUT2D eigenvalue weighted by Gasteiger charge is -2.13. The van der Waals surface area contributed by atoms with Crippen LogP contribution in [-0.4, -0.2) is 19.5 Å². The predicted molar refractivity (Wildman–Crippen MR) is 114 cm³/mol. The molecule has 7 heteroatoms. The second kappa shape index (κ2) is 6.85. The number of para-hydroxylation sites is 1. The molecule has 5 nitrogen and oxygen atoms in total. The molecule has 0 aliphatic rings. The van der Waals surface area contributed by atoms with Gasteiger partial charge in [0.15, 0.2) is 5.16 Å². The van der Waals surface area contributed by atoms with Crippen LogP contribution < -0.4 is 5.56 Å². The van der Waals surface area contributed by atoms with Crippen molar-refractivity contribution < 1.29 is 0 Å². The number of hydrogen-bond acceptors (Lipinski definition) is 6. The highest BCUT2D eigenvalue weighted by molar-refractivity contribution is 7.99. The van der Waals surface area contributed by atoms with E-state index in [0.29, 0.717) is 16.1 Å². The second-order valence-electron chi connectivity index (χ2n) is 6.31. The molecular formula is C21H14N4OS2. The molecule has 0 amide bonds. The first-order chi connectivity index (χ1) is 13.7. The van der Waals surface area contributed by atoms with Gasteiger partial charge in [0.25, 0.3) is 5.56 Å². The van der Waals surface area contributed by atoms with Crippen LogP contribution in [0, 0.1) is 6.92 Å². The monoisotopic (exact) mass is 402 g/mol. The van der Waals surface area contributed by atoms with Crippen LogP contribution in [-0.2, 0) is 0 Å². The topological polar surface area (TPSA) is 60.7 Å². The third-order valence-electron chi connectivity index (χ3n) is 4.45. The van der Waals surface area contributed by atoms with Crippen LogP contribution in [0.4, 0.5) is 0 Å². The van der Waals surface area contributed by atoms with E-state index < -0.39 is 0 Å². The molecule has 0 fully saturated rings. The van der Waals surface area contributed by atoms with Gasteiger partial charge in [-0.15, -0.1) is 11.3 Å². The van der Waals surface area contributed by atoms with E-state index in [0.717, 1.165) is 26.5 Å². The molecule has 0 saturated carbocycles. The summed E-state index contributed by atoms with van der Waals surface area (Å²) in [5, 5.41) is 4.92. The van der Waals surface area contributed by atoms with Gasteiger partial charge in [0.2, 0.25) is 0 Å². The van der Waals surface area contributed by atoms with Crippen molar-refractivity contribution in [2.24, 2.45) is 0 Å². The summed E-state index contributed by atoms with van der Waals surface area (Å²) in [6, 6.07) is 17.3. The molecule has 3 heterocycles. The minimum absolute atomic E-state index is 0.0902. The summed E-state index contributed by atoms with van der Waals surface area (Å²) in [6.45, 7) is 2.02. The van der Waals surface area contributed by atoms with Crippen LogP contribution in [0.15, 0.2) is 81.3 Å². The number of rotatable bonds is 3. The van der Waals surface area contributed by atoms with Gasteiger partial charge in [-0.2, -0.15) is 0 Å². The first kappa shape index (κ1) is 17.1. The van der Waals surface area contributed by atoms with Gasteiger partial charge < -0.3 is 0 Å². The fourth-order valence-electron chi connectivity index (χ4n) is 3.04. The molecule has 0 bridgehead atoms. The van der Waals surface area contributed by atoms with Crippen molar-refractivity contribution in [1.82, 2.24) is 19.5 Å². The minimum Gasteiger partial charge on any atom is -0.268 e. The maximum atomic E-state index is 13.3. The first-order valence-electron chi connectivity index (χ1n) is 8.65. The summed E-state index contributed by atoms with van der Waals surface area (Å²) in [4.78, 5) is 27.8. The van der Waals surface area contributed by atoms with E-state index >= 15 is 0 Å². The summed E-state index contributed by atoms with van der Waals surface area (Å²) >= 11 is 2.95. The molecule has 0 atom stereocenters. The Morgan fingerprint density at radius 2 is 1.79 bits per heavy atom. The number of aromatic nitrogens is 4. The third-order valence-corrected chi connectivity index (χ3v) is 6.25. The standard InChI is InChI=1S/C21H14N4OS2/c1-13-6-8-14(9-7-13)25-20(26)15-4-2-3-5-17(15)24-21(25)28-19-16-10-11-27-18(16)22-12-23-19/h2-12H,1H3. The Morgan fingerprint density at radius 1 is 0.964 bits per heavy atom. The summed E-state index contributed by atoms with van der Waals surface area (Å²) in [6.07, 6.45) is 1.55. The Morgan fingerprint density at radius 3 is 2.64 bits per heavy atom. The second-order valence-corrected chi connectivity index (χ2v) is 8.16. The SMILES string of the molecule is Cc1ccc(-n2c(Sc3ncnc4sccc34)nc3ccccc3c2=O)cc1. The van der Waals surface area contributed by atoms with Crippen molar-refractivity contribution in [3.05, 3.63) is 82.2 Å². The molecule has 0 aliphatic heterocycles. The van der Waals surface area contributed by atoms with Crippen molar-refractivity contribution in [3.8, 4) is 5.69 Å². The molecule has 28 heavy (non-hydrogen) atoms. The molecule has 5 aromatic rings. The number of hydrogen-bond donors (Lipinski definition) is 0. The van der Waals surface area contributed by atoms with Gasteiger partial charge >= 0.3 is 0 Å². The van der Waals surface area contributed by atoms with Gasteiger partial charge in [0.05, 0.1) is 16.6 Å².